The molecule has 2 rings (SSSR count). The first-order chi connectivity index (χ1) is 17.0. The molecular weight excluding hydrogens is 464 g/mol. The van der Waals surface area contributed by atoms with Gasteiger partial charge in [-0.25, -0.2) is 0 Å². The molecular formula is C26H36N4O6. The highest BCUT2D eigenvalue weighted by Crippen LogP contribution is 2.17. The number of nitrogens with zero attached hydrogens (tertiary/aromatic N) is 1. The number of hydrogen-bond acceptors (Lipinski definition) is 6. The van der Waals surface area contributed by atoms with Crippen LogP contribution in [0.2, 0.25) is 0 Å². The number of aryl methyl sites for hydroxylation is 1. The van der Waals surface area contributed by atoms with Gasteiger partial charge in [0, 0.05) is 30.8 Å². The number of benzene rings is 1. The lowest BCUT2D eigenvalue weighted by Crippen LogP contribution is -2.53. The summed E-state index contributed by atoms with van der Waals surface area (Å²) in [5.74, 6) is -1.97. The Morgan fingerprint density at radius 1 is 0.944 bits per heavy atom. The number of carbonyl (C=O) groups is 5. The summed E-state index contributed by atoms with van der Waals surface area (Å²) in [4.78, 5) is 62.1. The summed E-state index contributed by atoms with van der Waals surface area (Å²) < 4.78 is 0. The van der Waals surface area contributed by atoms with Crippen molar-refractivity contribution >= 4 is 35.2 Å². The van der Waals surface area contributed by atoms with Crippen LogP contribution in [0.15, 0.2) is 30.4 Å². The van der Waals surface area contributed by atoms with Gasteiger partial charge in [-0.15, -0.1) is 0 Å². The fourth-order valence-electron chi connectivity index (χ4n) is 3.74. The Hall–Kier alpha value is -3.53. The number of aliphatic hydroxyl groups is 1. The van der Waals surface area contributed by atoms with Crippen molar-refractivity contribution < 1.29 is 29.1 Å². The van der Waals surface area contributed by atoms with Gasteiger partial charge in [-0.3, -0.25) is 28.9 Å². The summed E-state index contributed by atoms with van der Waals surface area (Å²) >= 11 is 0. The number of aliphatic hydroxyl groups excluding tert-OH is 1. The second-order valence-corrected chi connectivity index (χ2v) is 9.29. The lowest BCUT2D eigenvalue weighted by Gasteiger charge is -2.24. The molecule has 0 radical (unpaired) electrons. The summed E-state index contributed by atoms with van der Waals surface area (Å²) in [7, 11) is 0. The lowest BCUT2D eigenvalue weighted by atomic mass is 10.0. The van der Waals surface area contributed by atoms with Gasteiger partial charge >= 0.3 is 0 Å². The molecule has 10 nitrogen and oxygen atoms in total. The van der Waals surface area contributed by atoms with Crippen molar-refractivity contribution in [2.45, 2.75) is 72.1 Å². The van der Waals surface area contributed by atoms with Gasteiger partial charge < -0.3 is 21.1 Å². The van der Waals surface area contributed by atoms with Crippen molar-refractivity contribution in [1.29, 1.82) is 0 Å². The molecule has 0 aromatic heterocycles. The molecule has 0 saturated carbocycles. The van der Waals surface area contributed by atoms with Gasteiger partial charge in [0.05, 0.1) is 6.61 Å². The predicted octanol–water partition coefficient (Wildman–Crippen LogP) is 1.56. The standard InChI is InChI=1S/C26H36N4O6/c1-16(2)24(29-21(32)8-6-5-7-13-30-22(33)11-12-23(30)34)26(36)27-18(4)25(35)28-20-10-9-19(15-31)14-17(20)3/h9-12,14,16,18,24,31H,5-8,13,15H2,1-4H3,(H,27,36)(H,28,35)(H,29,32)/t18-,24-/m0/s1. The Morgan fingerprint density at radius 2 is 1.61 bits per heavy atom. The molecule has 0 spiro atoms. The molecule has 1 aliphatic rings. The summed E-state index contributed by atoms with van der Waals surface area (Å²) in [5.41, 5.74) is 2.11. The van der Waals surface area contributed by atoms with Crippen molar-refractivity contribution in [3.63, 3.8) is 0 Å². The summed E-state index contributed by atoms with van der Waals surface area (Å²) in [6.45, 7) is 7.20. The van der Waals surface area contributed by atoms with Crippen LogP contribution in [-0.4, -0.2) is 58.2 Å². The van der Waals surface area contributed by atoms with Crippen LogP contribution >= 0.6 is 0 Å². The van der Waals surface area contributed by atoms with Crippen LogP contribution in [0.5, 0.6) is 0 Å². The maximum Gasteiger partial charge on any atom is 0.253 e. The van der Waals surface area contributed by atoms with Gasteiger partial charge in [0.15, 0.2) is 0 Å². The van der Waals surface area contributed by atoms with Crippen molar-refractivity contribution in [3.05, 3.63) is 41.5 Å². The Bertz CT molecular complexity index is 1000. The van der Waals surface area contributed by atoms with E-state index in [1.807, 2.05) is 6.92 Å². The van der Waals surface area contributed by atoms with Crippen LogP contribution in [-0.2, 0) is 30.6 Å². The molecule has 196 valence electrons. The van der Waals surface area contributed by atoms with Crippen molar-refractivity contribution in [3.8, 4) is 0 Å². The van der Waals surface area contributed by atoms with Crippen LogP contribution in [0.4, 0.5) is 5.69 Å². The van der Waals surface area contributed by atoms with Gasteiger partial charge in [0.2, 0.25) is 17.7 Å². The van der Waals surface area contributed by atoms with E-state index in [-0.39, 0.29) is 36.7 Å². The van der Waals surface area contributed by atoms with Gasteiger partial charge in [-0.1, -0.05) is 32.4 Å². The van der Waals surface area contributed by atoms with E-state index in [0.717, 1.165) is 11.1 Å². The zero-order chi connectivity index (χ0) is 26.8. The van der Waals surface area contributed by atoms with Gasteiger partial charge in [-0.05, 0) is 49.8 Å². The summed E-state index contributed by atoms with van der Waals surface area (Å²) in [6.07, 6.45) is 4.49. The average molecular weight is 501 g/mol. The van der Waals surface area contributed by atoms with E-state index < -0.39 is 23.9 Å². The predicted molar refractivity (Wildman–Crippen MR) is 134 cm³/mol. The molecule has 1 aliphatic heterocycles. The molecule has 0 bridgehead atoms. The van der Waals surface area contributed by atoms with Gasteiger partial charge in [0.1, 0.15) is 12.1 Å². The fourth-order valence-corrected chi connectivity index (χ4v) is 3.74. The third kappa shape index (κ3) is 8.30. The van der Waals surface area contributed by atoms with Crippen LogP contribution < -0.4 is 16.0 Å². The molecule has 36 heavy (non-hydrogen) atoms. The van der Waals surface area contributed by atoms with E-state index >= 15 is 0 Å². The third-order valence-corrected chi connectivity index (χ3v) is 5.94. The molecule has 4 N–H and O–H groups in total. The van der Waals surface area contributed by atoms with E-state index in [1.54, 1.807) is 39.0 Å². The molecule has 0 unspecified atom stereocenters. The van der Waals surface area contributed by atoms with Crippen LogP contribution in [0.25, 0.3) is 0 Å². The fraction of sp³-hybridized carbons (Fsp3) is 0.500. The van der Waals surface area contributed by atoms with Crippen molar-refractivity contribution in [2.75, 3.05) is 11.9 Å². The smallest absolute Gasteiger partial charge is 0.253 e. The van der Waals surface area contributed by atoms with Crippen LogP contribution in [0.1, 0.15) is 57.6 Å². The quantitative estimate of drug-likeness (QED) is 0.239. The summed E-state index contributed by atoms with van der Waals surface area (Å²) in [6, 6.07) is 3.54. The number of nitrogens with one attached hydrogen (secondary N) is 3. The molecule has 10 heteroatoms. The maximum atomic E-state index is 12.8. The van der Waals surface area contributed by atoms with Crippen molar-refractivity contribution in [2.24, 2.45) is 5.92 Å². The molecule has 1 aromatic rings. The molecule has 0 aliphatic carbocycles. The first-order valence-electron chi connectivity index (χ1n) is 12.2. The second-order valence-electron chi connectivity index (χ2n) is 9.29. The van der Waals surface area contributed by atoms with E-state index in [4.69, 9.17) is 0 Å². The molecule has 1 heterocycles. The number of amides is 5. The Balaban J connectivity index is 1.78. The Kier molecular flexibility index (Phi) is 10.8. The zero-order valence-corrected chi connectivity index (χ0v) is 21.3. The van der Waals surface area contributed by atoms with Gasteiger partial charge in [0.25, 0.3) is 11.8 Å². The Labute approximate surface area is 211 Å². The minimum atomic E-state index is -0.835. The number of rotatable bonds is 13. The third-order valence-electron chi connectivity index (χ3n) is 5.94. The molecule has 2 atom stereocenters. The van der Waals surface area contributed by atoms with E-state index in [0.29, 0.717) is 31.5 Å². The number of carbonyl (C=O) groups excluding carboxylic acids is 5. The minimum absolute atomic E-state index is 0.0951. The molecule has 0 saturated heterocycles. The summed E-state index contributed by atoms with van der Waals surface area (Å²) in [5, 5.41) is 17.4. The Morgan fingerprint density at radius 3 is 2.19 bits per heavy atom. The molecule has 1 aromatic carbocycles. The van der Waals surface area contributed by atoms with Gasteiger partial charge in [-0.2, -0.15) is 0 Å². The lowest BCUT2D eigenvalue weighted by molar-refractivity contribution is -0.137. The molecule has 5 amide bonds. The SMILES string of the molecule is Cc1cc(CO)ccc1NC(=O)[C@H](C)NC(=O)[C@@H](NC(=O)CCCCCN1C(=O)C=CC1=O)C(C)C. The van der Waals surface area contributed by atoms with E-state index in [1.165, 1.54) is 17.1 Å². The number of anilines is 1. The molecule has 0 fully saturated rings. The highest BCUT2D eigenvalue weighted by molar-refractivity contribution is 6.12. The topological polar surface area (TPSA) is 145 Å². The minimum Gasteiger partial charge on any atom is -0.392 e. The van der Waals surface area contributed by atoms with Crippen LogP contribution in [0, 0.1) is 12.8 Å². The highest BCUT2D eigenvalue weighted by Gasteiger charge is 2.27. The van der Waals surface area contributed by atoms with Crippen LogP contribution in [0.3, 0.4) is 0 Å². The van der Waals surface area contributed by atoms with Crippen molar-refractivity contribution in [1.82, 2.24) is 15.5 Å². The zero-order valence-electron chi connectivity index (χ0n) is 21.3. The average Bonchev–Trinajstić information content (AvgIpc) is 3.15. The number of unbranched alkanes of at least 4 members (excludes halogenated alkanes) is 2. The maximum absolute atomic E-state index is 12.8. The first-order valence-corrected chi connectivity index (χ1v) is 12.2. The normalized spacial score (nSPS) is 14.7. The number of imide groups is 1. The van der Waals surface area contributed by atoms with E-state index in [9.17, 15) is 29.1 Å². The largest absolute Gasteiger partial charge is 0.392 e. The first kappa shape index (κ1) is 28.7. The monoisotopic (exact) mass is 500 g/mol. The second kappa shape index (κ2) is 13.5. The number of hydrogen-bond donors (Lipinski definition) is 4. The highest BCUT2D eigenvalue weighted by atomic mass is 16.3. The van der Waals surface area contributed by atoms with E-state index in [2.05, 4.69) is 16.0 Å².